The summed E-state index contributed by atoms with van der Waals surface area (Å²) in [6, 6.07) is 69.8. The standard InChI is InChI=1S/2C20H22O3.C18H22N2O.C17H21NO4.C15H19ClO3.C12H16O2.C8H16O3S/c1-14(2)15(3)20(22)23-13-19(21)18-11-9-17(10-12-18)16-7-5-4-6-8-16;1-14(2)13-18(21)23-20(17-7-5-4-6-8-17)19(22)16-11-9-15(3)10-12-16;1-13(2)16(12-15-9-5-4-6-10-15)18(21)20-17-11-7-8-14(3)19-17;1-11(2)7-3-6-10-14(17(21)22)18-15(19)12-8-4-5-9-13(12)16(18)20;1-9(2)11(4)15(18)19-8-14(17)12-6-5-10(3)7-13(12)16;1-9(2)11(12(13)14)8-10-6-4-3-5-7-10;1-6(2)7(8(9)10)4-5-12(3)11/h4-12,14-15H,13H2,1-3H3;4-12,14,20H,13H2,1-3H3;4-11,13,16H,12H2,1-3H3,(H,19,20,21);4-5,8-9,11,14H,3,6-7,10H2,1-2H3,(H,21,22);5-7,9,11H,8H2,1-4H3;3-7,9,11H,8H2,1-2H3,(H,13,14);6-7H,4-5H2,1-3H3,(H,9,10). The van der Waals surface area contributed by atoms with Crippen LogP contribution in [0.15, 0.2) is 231 Å². The van der Waals surface area contributed by atoms with Crippen molar-refractivity contribution < 1.29 is 91.3 Å². The largest absolute Gasteiger partial charge is 0.481 e. The van der Waals surface area contributed by atoms with E-state index in [4.69, 9.17) is 36.0 Å². The van der Waals surface area contributed by atoms with Crippen molar-refractivity contribution in [3.8, 4) is 11.1 Å². The van der Waals surface area contributed by atoms with E-state index in [1.807, 2.05) is 236 Å². The fraction of sp³-hybridized carbons (Fsp3) is 0.409. The van der Waals surface area contributed by atoms with Gasteiger partial charge in [-0.25, -0.2) is 9.78 Å². The third-order valence-corrected chi connectivity index (χ3v) is 23.6. The predicted octanol–water partition coefficient (Wildman–Crippen LogP) is 23.0. The highest BCUT2D eigenvalue weighted by Crippen LogP contribution is 2.30. The highest BCUT2D eigenvalue weighted by molar-refractivity contribution is 7.84. The number of amides is 3. The number of carbonyl (C=O) groups excluding carboxylic acids is 9. The Morgan fingerprint density at radius 1 is 0.448 bits per heavy atom. The molecule has 0 fully saturated rings. The molecule has 9 aromatic rings. The molecule has 0 bridgehead atoms. The van der Waals surface area contributed by atoms with Gasteiger partial charge in [-0.05, 0) is 152 Å². The lowest BCUT2D eigenvalue weighted by molar-refractivity contribution is -0.149. The fourth-order valence-corrected chi connectivity index (χ4v) is 14.4. The lowest BCUT2D eigenvalue weighted by Gasteiger charge is -2.22. The maximum atomic E-state index is 12.8. The maximum Gasteiger partial charge on any atom is 0.326 e. The number of hydrogen-bond donors (Lipinski definition) is 4. The second-order valence-corrected chi connectivity index (χ2v) is 38.0. The molecular weight excluding hydrogens is 1730 g/mol. The highest BCUT2D eigenvalue weighted by Gasteiger charge is 2.43. The number of nitrogens with zero attached hydrogens (tertiary/aromatic N) is 2. The van der Waals surface area contributed by atoms with Crippen LogP contribution in [0.25, 0.3) is 11.1 Å². The Labute approximate surface area is 800 Å². The van der Waals surface area contributed by atoms with Crippen molar-refractivity contribution in [1.82, 2.24) is 9.88 Å². The van der Waals surface area contributed by atoms with Gasteiger partial charge in [0.05, 0.1) is 39.8 Å². The molecule has 22 nitrogen and oxygen atoms in total. The van der Waals surface area contributed by atoms with E-state index in [9.17, 15) is 66.8 Å². The lowest BCUT2D eigenvalue weighted by Crippen LogP contribution is -2.44. The number of nitrogens with one attached hydrogen (secondary N) is 1. The number of anilines is 1. The lowest BCUT2D eigenvalue weighted by atomic mass is 9.88. The number of carboxylic acid groups (broad SMARTS) is 3. The molecule has 10 rings (SSSR count). The first-order chi connectivity index (χ1) is 63.3. The number of hydrogen-bond acceptors (Lipinski definition) is 17. The minimum atomic E-state index is -1.13. The van der Waals surface area contributed by atoms with Gasteiger partial charge in [-0.3, -0.25) is 61.8 Å². The Morgan fingerprint density at radius 3 is 1.33 bits per heavy atom. The normalized spacial score (nSPS) is 13.1. The van der Waals surface area contributed by atoms with Crippen LogP contribution in [0.5, 0.6) is 0 Å². The van der Waals surface area contributed by atoms with Crippen molar-refractivity contribution in [2.45, 2.75) is 195 Å². The van der Waals surface area contributed by atoms with E-state index in [2.05, 4.69) is 50.1 Å². The van der Waals surface area contributed by atoms with Crippen LogP contribution in [0.3, 0.4) is 0 Å². The summed E-state index contributed by atoms with van der Waals surface area (Å²) in [6.45, 7) is 36.6. The van der Waals surface area contributed by atoms with E-state index >= 15 is 0 Å². The topological polar surface area (TPSA) is 338 Å². The number of aryl methyl sites for hydroxylation is 3. The molecule has 0 aliphatic carbocycles. The second kappa shape index (κ2) is 59.4. The van der Waals surface area contributed by atoms with E-state index in [1.54, 1.807) is 92.0 Å². The zero-order chi connectivity index (χ0) is 100. The van der Waals surface area contributed by atoms with Crippen molar-refractivity contribution in [3.63, 3.8) is 0 Å². The van der Waals surface area contributed by atoms with Gasteiger partial charge in [0.2, 0.25) is 17.5 Å². The van der Waals surface area contributed by atoms with Gasteiger partial charge in [0.1, 0.15) is 11.9 Å². The summed E-state index contributed by atoms with van der Waals surface area (Å²) in [4.78, 5) is 148. The maximum absolute atomic E-state index is 12.8. The number of ether oxygens (including phenoxy) is 3. The molecule has 134 heavy (non-hydrogen) atoms. The van der Waals surface area contributed by atoms with Gasteiger partial charge in [-0.15, -0.1) is 0 Å². The second-order valence-electron chi connectivity index (χ2n) is 36.0. The van der Waals surface area contributed by atoms with Crippen LogP contribution in [-0.4, -0.2) is 132 Å². The molecular formula is C110H138ClN3O19S. The van der Waals surface area contributed by atoms with Gasteiger partial charge < -0.3 is 34.8 Å². The summed E-state index contributed by atoms with van der Waals surface area (Å²) < 4.78 is 26.3. The van der Waals surface area contributed by atoms with Crippen LogP contribution < -0.4 is 5.32 Å². The molecule has 0 saturated carbocycles. The smallest absolute Gasteiger partial charge is 0.326 e. The monoisotopic (exact) mass is 1870 g/mol. The molecule has 0 saturated heterocycles. The number of imide groups is 1. The van der Waals surface area contributed by atoms with Crippen molar-refractivity contribution in [2.75, 3.05) is 30.5 Å². The number of aromatic nitrogens is 1. The number of benzene rings is 8. The van der Waals surface area contributed by atoms with Gasteiger partial charge in [0.15, 0.2) is 25.1 Å². The summed E-state index contributed by atoms with van der Waals surface area (Å²) in [5, 5.41) is 30.5. The number of ketones is 3. The molecule has 8 atom stereocenters. The molecule has 4 N–H and O–H groups in total. The molecule has 8 unspecified atom stereocenters. The number of aliphatic carboxylic acids is 3. The number of carboxylic acids is 3. The van der Waals surface area contributed by atoms with E-state index in [0.717, 1.165) is 57.7 Å². The minimum absolute atomic E-state index is 0.0342. The Morgan fingerprint density at radius 2 is 0.888 bits per heavy atom. The van der Waals surface area contributed by atoms with Gasteiger partial charge in [0, 0.05) is 63.1 Å². The SMILES string of the molecule is CC(C)C(C)C(=O)OCC(=O)c1ccc(-c2ccccc2)cc1.CC(C)C(CCS(C)=O)C(=O)O.CC(C)C(Cc1ccccc1)C(=O)O.CC(C)CCCCC(C(=O)O)N1C(=O)c2ccccc2C1=O.Cc1ccc(C(=O)C(OC(=O)CC(C)C)c2ccccc2)cc1.Cc1ccc(C(=O)COC(=O)C(C)C(C)C)c(Cl)c1.Cc1cccc(NC(=O)C(Cc2ccccc2)C(C)C)n1. The molecule has 1 aliphatic heterocycles. The van der Waals surface area contributed by atoms with Gasteiger partial charge >= 0.3 is 35.8 Å². The van der Waals surface area contributed by atoms with Crippen LogP contribution in [-0.2, 0) is 71.4 Å². The number of fused-ring (bicyclic) bond motifs is 1. The average Bonchev–Trinajstić information content (AvgIpc) is 1.62. The third kappa shape index (κ3) is 40.7. The first-order valence-corrected chi connectivity index (χ1v) is 47.9. The third-order valence-electron chi connectivity index (χ3n) is 22.4. The minimum Gasteiger partial charge on any atom is -0.481 e. The Bertz CT molecular complexity index is 5200. The van der Waals surface area contributed by atoms with Crippen molar-refractivity contribution in [2.24, 2.45) is 71.0 Å². The highest BCUT2D eigenvalue weighted by atomic mass is 35.5. The van der Waals surface area contributed by atoms with E-state index in [1.165, 1.54) is 5.56 Å². The van der Waals surface area contributed by atoms with E-state index in [-0.39, 0.29) is 119 Å². The van der Waals surface area contributed by atoms with Crippen molar-refractivity contribution >= 4 is 99.1 Å². The number of pyridine rings is 1. The number of carbonyl (C=O) groups is 12. The summed E-state index contributed by atoms with van der Waals surface area (Å²) in [7, 11) is -0.883. The Kier molecular flexibility index (Phi) is 50.6. The molecule has 720 valence electrons. The number of Topliss-reactive ketones (excluding diaryl/α,β-unsaturated/α-hetero) is 3. The fourth-order valence-electron chi connectivity index (χ4n) is 13.4. The van der Waals surface area contributed by atoms with Gasteiger partial charge in [0.25, 0.3) is 11.8 Å². The van der Waals surface area contributed by atoms with Crippen LogP contribution in [0.1, 0.15) is 241 Å². The van der Waals surface area contributed by atoms with Crippen LogP contribution >= 0.6 is 11.6 Å². The summed E-state index contributed by atoms with van der Waals surface area (Å²) in [5.41, 5.74) is 10.1. The molecule has 8 aromatic carbocycles. The summed E-state index contributed by atoms with van der Waals surface area (Å²) >= 11 is 5.99. The first-order valence-electron chi connectivity index (χ1n) is 45.8. The van der Waals surface area contributed by atoms with Crippen LogP contribution in [0, 0.1) is 91.8 Å². The molecule has 24 heteroatoms. The number of halogens is 1. The molecule has 2 heterocycles. The van der Waals surface area contributed by atoms with E-state index in [0.29, 0.717) is 88.0 Å². The molecule has 1 aliphatic rings. The van der Waals surface area contributed by atoms with E-state index < -0.39 is 52.7 Å². The van der Waals surface area contributed by atoms with Crippen molar-refractivity contribution in [3.05, 3.63) is 297 Å². The number of esters is 3. The molecule has 1 aromatic heterocycles. The van der Waals surface area contributed by atoms with Gasteiger partial charge in [-0.1, -0.05) is 341 Å². The Balaban J connectivity index is 0.000000330. The quantitative estimate of drug-likeness (QED) is 0.00918. The molecule has 3 amide bonds. The van der Waals surface area contributed by atoms with Crippen molar-refractivity contribution in [1.29, 1.82) is 0 Å². The average molecular weight is 1870 g/mol. The Hall–Kier alpha value is -12.2. The summed E-state index contributed by atoms with van der Waals surface area (Å²) in [5.74, 6) is -3.61. The molecule has 0 spiro atoms. The first kappa shape index (κ1) is 114. The number of unbranched alkanes of at least 4 members (excludes halogenated alkanes) is 1. The van der Waals surface area contributed by atoms with Gasteiger partial charge in [-0.2, -0.15) is 0 Å². The predicted molar refractivity (Wildman–Crippen MR) is 530 cm³/mol. The molecule has 0 radical (unpaired) electrons. The van der Waals surface area contributed by atoms with Crippen LogP contribution in [0.2, 0.25) is 5.02 Å². The number of rotatable bonds is 38. The summed E-state index contributed by atoms with van der Waals surface area (Å²) in [6.07, 6.45) is 5.75. The zero-order valence-electron chi connectivity index (χ0n) is 81.4. The van der Waals surface area contributed by atoms with Crippen LogP contribution in [0.4, 0.5) is 5.82 Å². The zero-order valence-corrected chi connectivity index (χ0v) is 82.9.